The third-order valence-electron chi connectivity index (χ3n) is 5.19. The highest BCUT2D eigenvalue weighted by atomic mass is 16.5. The molecule has 0 N–H and O–H groups in total. The fraction of sp³-hybridized carbons (Fsp3) is 0.185. The fourth-order valence-electron chi connectivity index (χ4n) is 3.60. The van der Waals surface area contributed by atoms with E-state index in [-0.39, 0.29) is 12.2 Å². The Kier molecular flexibility index (Phi) is 7.10. The SMILES string of the molecule is COCc1cc(=O)n(CCc2ccccc2)c(-c2ccccc2OCc2ccccc2)n1. The minimum absolute atomic E-state index is 0.101. The summed E-state index contributed by atoms with van der Waals surface area (Å²) in [6.45, 7) is 1.23. The lowest BCUT2D eigenvalue weighted by molar-refractivity contribution is 0.181. The van der Waals surface area contributed by atoms with Crippen molar-refractivity contribution >= 4 is 0 Å². The van der Waals surface area contributed by atoms with Gasteiger partial charge in [-0.05, 0) is 29.7 Å². The molecule has 0 unspecified atom stereocenters. The maximum atomic E-state index is 13.0. The fourth-order valence-corrected chi connectivity index (χ4v) is 3.60. The van der Waals surface area contributed by atoms with Crippen LogP contribution in [0.2, 0.25) is 0 Å². The van der Waals surface area contributed by atoms with Gasteiger partial charge in [-0.25, -0.2) is 4.98 Å². The lowest BCUT2D eigenvalue weighted by atomic mass is 10.1. The van der Waals surface area contributed by atoms with Crippen LogP contribution in [0.25, 0.3) is 11.4 Å². The van der Waals surface area contributed by atoms with Crippen LogP contribution in [0, 0.1) is 0 Å². The molecule has 1 heterocycles. The van der Waals surface area contributed by atoms with Crippen LogP contribution in [0.4, 0.5) is 0 Å². The smallest absolute Gasteiger partial charge is 0.254 e. The summed E-state index contributed by atoms with van der Waals surface area (Å²) < 4.78 is 13.1. The van der Waals surface area contributed by atoms with Gasteiger partial charge in [0.15, 0.2) is 0 Å². The van der Waals surface area contributed by atoms with E-state index in [0.29, 0.717) is 30.4 Å². The molecule has 0 fully saturated rings. The second kappa shape index (κ2) is 10.6. The van der Waals surface area contributed by atoms with Crippen LogP contribution in [0.1, 0.15) is 16.8 Å². The Labute approximate surface area is 187 Å². The van der Waals surface area contributed by atoms with Gasteiger partial charge in [-0.3, -0.25) is 9.36 Å². The van der Waals surface area contributed by atoms with Gasteiger partial charge in [0.2, 0.25) is 0 Å². The van der Waals surface area contributed by atoms with Crippen molar-refractivity contribution in [2.75, 3.05) is 7.11 Å². The molecule has 0 aliphatic rings. The lowest BCUT2D eigenvalue weighted by Crippen LogP contribution is -2.25. The van der Waals surface area contributed by atoms with E-state index in [4.69, 9.17) is 14.5 Å². The molecule has 0 saturated carbocycles. The van der Waals surface area contributed by atoms with Crippen molar-refractivity contribution in [1.29, 1.82) is 0 Å². The highest BCUT2D eigenvalue weighted by molar-refractivity contribution is 5.64. The van der Waals surface area contributed by atoms with E-state index < -0.39 is 0 Å². The van der Waals surface area contributed by atoms with Gasteiger partial charge in [0.1, 0.15) is 18.2 Å². The van der Waals surface area contributed by atoms with Crippen LogP contribution in [-0.4, -0.2) is 16.7 Å². The van der Waals surface area contributed by atoms with Gasteiger partial charge < -0.3 is 9.47 Å². The number of hydrogen-bond donors (Lipinski definition) is 0. The highest BCUT2D eigenvalue weighted by Gasteiger charge is 2.15. The molecular formula is C27H26N2O3. The van der Waals surface area contributed by atoms with Gasteiger partial charge in [-0.2, -0.15) is 0 Å². The molecule has 0 radical (unpaired) electrons. The summed E-state index contributed by atoms with van der Waals surface area (Å²) >= 11 is 0. The van der Waals surface area contributed by atoms with Gasteiger partial charge in [-0.15, -0.1) is 0 Å². The summed E-state index contributed by atoms with van der Waals surface area (Å²) in [6, 6.07) is 29.4. The van der Waals surface area contributed by atoms with Crippen LogP contribution < -0.4 is 10.3 Å². The maximum Gasteiger partial charge on any atom is 0.254 e. The van der Waals surface area contributed by atoms with E-state index in [1.165, 1.54) is 5.56 Å². The number of benzene rings is 3. The van der Waals surface area contributed by atoms with E-state index in [0.717, 1.165) is 17.5 Å². The first-order valence-electron chi connectivity index (χ1n) is 10.6. The minimum Gasteiger partial charge on any atom is -0.488 e. The summed E-state index contributed by atoms with van der Waals surface area (Å²) in [4.78, 5) is 17.8. The van der Waals surface area contributed by atoms with Crippen LogP contribution >= 0.6 is 0 Å². The number of aromatic nitrogens is 2. The Hall–Kier alpha value is -3.70. The zero-order valence-electron chi connectivity index (χ0n) is 18.1. The zero-order valence-corrected chi connectivity index (χ0v) is 18.1. The normalized spacial score (nSPS) is 10.8. The molecule has 0 aliphatic carbocycles. The summed E-state index contributed by atoms with van der Waals surface area (Å²) in [5.41, 5.74) is 3.52. The quantitative estimate of drug-likeness (QED) is 0.383. The molecule has 32 heavy (non-hydrogen) atoms. The summed E-state index contributed by atoms with van der Waals surface area (Å²) in [5, 5.41) is 0. The Morgan fingerprint density at radius 2 is 1.47 bits per heavy atom. The van der Waals surface area contributed by atoms with Crippen LogP contribution in [-0.2, 0) is 30.9 Å². The van der Waals surface area contributed by atoms with Crippen molar-refractivity contribution in [3.05, 3.63) is 118 Å². The Morgan fingerprint density at radius 3 is 2.19 bits per heavy atom. The average Bonchev–Trinajstić information content (AvgIpc) is 2.83. The van der Waals surface area contributed by atoms with Gasteiger partial charge in [0.25, 0.3) is 5.56 Å². The van der Waals surface area contributed by atoms with Crippen molar-refractivity contribution in [3.63, 3.8) is 0 Å². The second-order valence-corrected chi connectivity index (χ2v) is 7.50. The van der Waals surface area contributed by atoms with Crippen molar-refractivity contribution < 1.29 is 9.47 Å². The molecule has 162 valence electrons. The summed E-state index contributed by atoms with van der Waals surface area (Å²) in [6.07, 6.45) is 0.728. The molecule has 0 amide bonds. The number of methoxy groups -OCH3 is 1. The van der Waals surface area contributed by atoms with Crippen LogP contribution in [0.5, 0.6) is 5.75 Å². The molecule has 0 saturated heterocycles. The lowest BCUT2D eigenvalue weighted by Gasteiger charge is -2.17. The standard InChI is InChI=1S/C27H26N2O3/c1-31-20-23-18-26(30)29(17-16-21-10-4-2-5-11-21)27(28-23)24-14-8-9-15-25(24)32-19-22-12-6-3-7-13-22/h2-15,18H,16-17,19-20H2,1H3. The number of ether oxygens (including phenoxy) is 2. The predicted molar refractivity (Wildman–Crippen MR) is 126 cm³/mol. The summed E-state index contributed by atoms with van der Waals surface area (Å²) in [5.74, 6) is 1.27. The van der Waals surface area contributed by atoms with Gasteiger partial charge in [0, 0.05) is 19.7 Å². The predicted octanol–water partition coefficient (Wildman–Crippen LogP) is 4.88. The number of rotatable bonds is 9. The molecule has 0 bridgehead atoms. The molecule has 5 heteroatoms. The minimum atomic E-state index is -0.101. The highest BCUT2D eigenvalue weighted by Crippen LogP contribution is 2.29. The van der Waals surface area contributed by atoms with Gasteiger partial charge in [-0.1, -0.05) is 72.8 Å². The molecule has 3 aromatic carbocycles. The van der Waals surface area contributed by atoms with E-state index in [1.807, 2.05) is 72.8 Å². The van der Waals surface area contributed by atoms with E-state index >= 15 is 0 Å². The molecule has 4 aromatic rings. The molecular weight excluding hydrogens is 400 g/mol. The number of hydrogen-bond acceptors (Lipinski definition) is 4. The van der Waals surface area contributed by atoms with Crippen molar-refractivity contribution in [3.8, 4) is 17.1 Å². The molecule has 0 aliphatic heterocycles. The Bertz CT molecular complexity index is 1200. The molecule has 1 aromatic heterocycles. The molecule has 0 spiro atoms. The monoisotopic (exact) mass is 426 g/mol. The second-order valence-electron chi connectivity index (χ2n) is 7.50. The largest absolute Gasteiger partial charge is 0.488 e. The topological polar surface area (TPSA) is 53.4 Å². The van der Waals surface area contributed by atoms with E-state index in [2.05, 4.69) is 12.1 Å². The van der Waals surface area contributed by atoms with E-state index in [1.54, 1.807) is 17.7 Å². The van der Waals surface area contributed by atoms with E-state index in [9.17, 15) is 4.79 Å². The maximum absolute atomic E-state index is 13.0. The number of aryl methyl sites for hydroxylation is 1. The Morgan fingerprint density at radius 1 is 0.812 bits per heavy atom. The first kappa shape index (κ1) is 21.5. The first-order valence-corrected chi connectivity index (χ1v) is 10.6. The van der Waals surface area contributed by atoms with Crippen LogP contribution in [0.15, 0.2) is 95.8 Å². The molecule has 0 atom stereocenters. The number of para-hydroxylation sites is 1. The molecule has 5 nitrogen and oxygen atoms in total. The molecule has 4 rings (SSSR count). The van der Waals surface area contributed by atoms with Crippen molar-refractivity contribution in [1.82, 2.24) is 9.55 Å². The van der Waals surface area contributed by atoms with Gasteiger partial charge >= 0.3 is 0 Å². The van der Waals surface area contributed by atoms with Gasteiger partial charge in [0.05, 0.1) is 17.9 Å². The Balaban J connectivity index is 1.70. The van der Waals surface area contributed by atoms with Crippen molar-refractivity contribution in [2.24, 2.45) is 0 Å². The first-order chi connectivity index (χ1) is 15.7. The van der Waals surface area contributed by atoms with Crippen LogP contribution in [0.3, 0.4) is 0 Å². The number of nitrogens with zero attached hydrogens (tertiary/aromatic N) is 2. The summed E-state index contributed by atoms with van der Waals surface area (Å²) in [7, 11) is 1.60. The average molecular weight is 427 g/mol. The van der Waals surface area contributed by atoms with Crippen molar-refractivity contribution in [2.45, 2.75) is 26.2 Å². The zero-order chi connectivity index (χ0) is 22.2. The third-order valence-corrected chi connectivity index (χ3v) is 5.19. The third kappa shape index (κ3) is 5.31.